The third kappa shape index (κ3) is 3.73. The van der Waals surface area contributed by atoms with Gasteiger partial charge in [-0.15, -0.1) is 0 Å². The smallest absolute Gasteiger partial charge is 0.0415 e. The molecular formula is C16H25BrN2. The lowest BCUT2D eigenvalue weighted by molar-refractivity contribution is 0.521. The van der Waals surface area contributed by atoms with Crippen LogP contribution in [0.4, 0.5) is 5.69 Å². The molecule has 0 radical (unpaired) electrons. The van der Waals surface area contributed by atoms with Crippen molar-refractivity contribution in [1.82, 2.24) is 5.32 Å². The zero-order chi connectivity index (χ0) is 13.8. The third-order valence-electron chi connectivity index (χ3n) is 4.25. The lowest BCUT2D eigenvalue weighted by atomic mass is 10.0. The summed E-state index contributed by atoms with van der Waals surface area (Å²) >= 11 is 3.60. The molecule has 3 heteroatoms. The minimum absolute atomic E-state index is 0.383. The first-order valence-corrected chi connectivity index (χ1v) is 8.12. The summed E-state index contributed by atoms with van der Waals surface area (Å²) in [5.41, 5.74) is 2.80. The molecule has 2 rings (SSSR count). The van der Waals surface area contributed by atoms with Crippen LogP contribution in [0, 0.1) is 5.92 Å². The Balaban J connectivity index is 2.27. The first-order chi connectivity index (χ1) is 9.11. The van der Waals surface area contributed by atoms with E-state index in [9.17, 15) is 0 Å². The van der Waals surface area contributed by atoms with Gasteiger partial charge in [-0.25, -0.2) is 0 Å². The predicted molar refractivity (Wildman–Crippen MR) is 86.8 cm³/mol. The van der Waals surface area contributed by atoms with Crippen LogP contribution in [0.25, 0.3) is 0 Å². The quantitative estimate of drug-likeness (QED) is 0.888. The van der Waals surface area contributed by atoms with Gasteiger partial charge in [0.05, 0.1) is 0 Å². The molecule has 0 amide bonds. The molecule has 2 nitrogen and oxygen atoms in total. The van der Waals surface area contributed by atoms with Gasteiger partial charge in [0.15, 0.2) is 0 Å². The zero-order valence-electron chi connectivity index (χ0n) is 12.2. The van der Waals surface area contributed by atoms with Gasteiger partial charge in [0.1, 0.15) is 0 Å². The van der Waals surface area contributed by atoms with Crippen molar-refractivity contribution < 1.29 is 0 Å². The maximum absolute atomic E-state index is 3.60. The standard InChI is InChI=1S/C16H25BrN2/c1-12-5-4-9-19(10-8-12)16-7-6-14(17)11-15(16)13(2)18-3/h6-7,11-13,18H,4-5,8-10H2,1-3H3. The van der Waals surface area contributed by atoms with Crippen molar-refractivity contribution in [3.05, 3.63) is 28.2 Å². The Hall–Kier alpha value is -0.540. The first kappa shape index (κ1) is 14.9. The van der Waals surface area contributed by atoms with Crippen molar-refractivity contribution in [2.45, 2.75) is 39.2 Å². The third-order valence-corrected chi connectivity index (χ3v) is 4.74. The fourth-order valence-corrected chi connectivity index (χ4v) is 3.20. The van der Waals surface area contributed by atoms with Crippen LogP contribution in [0.1, 0.15) is 44.7 Å². The van der Waals surface area contributed by atoms with Gasteiger partial charge in [-0.2, -0.15) is 0 Å². The Morgan fingerprint density at radius 3 is 2.84 bits per heavy atom. The molecule has 1 aromatic rings. The highest BCUT2D eigenvalue weighted by atomic mass is 79.9. The van der Waals surface area contributed by atoms with Crippen molar-refractivity contribution in [3.63, 3.8) is 0 Å². The van der Waals surface area contributed by atoms with E-state index in [0.29, 0.717) is 6.04 Å². The molecule has 0 aromatic heterocycles. The van der Waals surface area contributed by atoms with Crippen LogP contribution in [0.5, 0.6) is 0 Å². The normalized spacial score (nSPS) is 22.1. The van der Waals surface area contributed by atoms with Crippen LogP contribution in [-0.2, 0) is 0 Å². The Bertz CT molecular complexity index is 419. The second-order valence-corrected chi connectivity index (χ2v) is 6.65. The molecule has 2 unspecified atom stereocenters. The monoisotopic (exact) mass is 324 g/mol. The number of hydrogen-bond donors (Lipinski definition) is 1. The summed E-state index contributed by atoms with van der Waals surface area (Å²) < 4.78 is 1.16. The van der Waals surface area contributed by atoms with Gasteiger partial charge in [0, 0.05) is 29.3 Å². The summed E-state index contributed by atoms with van der Waals surface area (Å²) in [6.07, 6.45) is 3.98. The van der Waals surface area contributed by atoms with E-state index >= 15 is 0 Å². The van der Waals surface area contributed by atoms with Crippen molar-refractivity contribution in [3.8, 4) is 0 Å². The number of halogens is 1. The molecule has 0 saturated carbocycles. The minimum atomic E-state index is 0.383. The minimum Gasteiger partial charge on any atom is -0.371 e. The number of hydrogen-bond acceptors (Lipinski definition) is 2. The molecule has 1 saturated heterocycles. The second kappa shape index (κ2) is 6.76. The summed E-state index contributed by atoms with van der Waals surface area (Å²) in [6.45, 7) is 6.98. The van der Waals surface area contributed by atoms with Crippen LogP contribution in [0.3, 0.4) is 0 Å². The maximum Gasteiger partial charge on any atom is 0.0415 e. The number of rotatable bonds is 3. The van der Waals surface area contributed by atoms with E-state index in [2.05, 4.69) is 58.2 Å². The van der Waals surface area contributed by atoms with Crippen LogP contribution in [-0.4, -0.2) is 20.1 Å². The Morgan fingerprint density at radius 2 is 2.11 bits per heavy atom. The van der Waals surface area contributed by atoms with E-state index < -0.39 is 0 Å². The van der Waals surface area contributed by atoms with Crippen molar-refractivity contribution >= 4 is 21.6 Å². The topological polar surface area (TPSA) is 15.3 Å². The van der Waals surface area contributed by atoms with Crippen LogP contribution in [0.15, 0.2) is 22.7 Å². The molecule has 1 heterocycles. The number of benzene rings is 1. The number of anilines is 1. The van der Waals surface area contributed by atoms with Crippen molar-refractivity contribution in [2.75, 3.05) is 25.0 Å². The molecule has 19 heavy (non-hydrogen) atoms. The molecule has 1 fully saturated rings. The van der Waals surface area contributed by atoms with E-state index in [4.69, 9.17) is 0 Å². The highest BCUT2D eigenvalue weighted by Crippen LogP contribution is 2.31. The summed E-state index contributed by atoms with van der Waals surface area (Å²) in [5, 5.41) is 3.36. The zero-order valence-corrected chi connectivity index (χ0v) is 13.8. The van der Waals surface area contributed by atoms with Crippen molar-refractivity contribution in [2.24, 2.45) is 5.92 Å². The van der Waals surface area contributed by atoms with Gasteiger partial charge in [0.25, 0.3) is 0 Å². The maximum atomic E-state index is 3.60. The van der Waals surface area contributed by atoms with Gasteiger partial charge in [-0.05, 0) is 62.9 Å². The van der Waals surface area contributed by atoms with E-state index in [1.165, 1.54) is 43.6 Å². The average molecular weight is 325 g/mol. The molecule has 1 aliphatic heterocycles. The fraction of sp³-hybridized carbons (Fsp3) is 0.625. The van der Waals surface area contributed by atoms with Gasteiger partial charge in [0.2, 0.25) is 0 Å². The Kier molecular flexibility index (Phi) is 5.28. The van der Waals surface area contributed by atoms with Crippen LogP contribution >= 0.6 is 15.9 Å². The first-order valence-electron chi connectivity index (χ1n) is 7.33. The van der Waals surface area contributed by atoms with Crippen LogP contribution in [0.2, 0.25) is 0 Å². The number of nitrogens with one attached hydrogen (secondary N) is 1. The largest absolute Gasteiger partial charge is 0.371 e. The molecule has 2 atom stereocenters. The molecule has 1 aromatic carbocycles. The lowest BCUT2D eigenvalue weighted by Gasteiger charge is -2.28. The predicted octanol–water partition coefficient (Wildman–Crippen LogP) is 4.36. The number of nitrogens with zero attached hydrogens (tertiary/aromatic N) is 1. The summed E-state index contributed by atoms with van der Waals surface area (Å²) in [4.78, 5) is 2.57. The van der Waals surface area contributed by atoms with Gasteiger partial charge < -0.3 is 10.2 Å². The van der Waals surface area contributed by atoms with E-state index in [1.807, 2.05) is 7.05 Å². The summed E-state index contributed by atoms with van der Waals surface area (Å²) in [6, 6.07) is 7.07. The van der Waals surface area contributed by atoms with Gasteiger partial charge in [-0.3, -0.25) is 0 Å². The molecule has 1 N–H and O–H groups in total. The SMILES string of the molecule is CNC(C)c1cc(Br)ccc1N1CCCC(C)CC1. The van der Waals surface area contributed by atoms with Gasteiger partial charge >= 0.3 is 0 Å². The molecule has 0 aliphatic carbocycles. The Labute approximate surface area is 125 Å². The molecule has 1 aliphatic rings. The summed E-state index contributed by atoms with van der Waals surface area (Å²) in [5.74, 6) is 0.866. The van der Waals surface area contributed by atoms with Crippen molar-refractivity contribution in [1.29, 1.82) is 0 Å². The van der Waals surface area contributed by atoms with Gasteiger partial charge in [-0.1, -0.05) is 22.9 Å². The van der Waals surface area contributed by atoms with E-state index in [0.717, 1.165) is 10.4 Å². The van der Waals surface area contributed by atoms with Crippen LogP contribution < -0.4 is 10.2 Å². The molecule has 106 valence electrons. The highest BCUT2D eigenvalue weighted by Gasteiger charge is 2.18. The van der Waals surface area contributed by atoms with E-state index in [-0.39, 0.29) is 0 Å². The fourth-order valence-electron chi connectivity index (χ4n) is 2.82. The molecule has 0 bridgehead atoms. The highest BCUT2D eigenvalue weighted by molar-refractivity contribution is 9.10. The summed E-state index contributed by atoms with van der Waals surface area (Å²) in [7, 11) is 2.03. The molecule has 0 spiro atoms. The Morgan fingerprint density at radius 1 is 1.32 bits per heavy atom. The molecular weight excluding hydrogens is 300 g/mol. The van der Waals surface area contributed by atoms with E-state index in [1.54, 1.807) is 0 Å². The lowest BCUT2D eigenvalue weighted by Crippen LogP contribution is -2.27. The second-order valence-electron chi connectivity index (χ2n) is 5.74. The average Bonchev–Trinajstić information content (AvgIpc) is 2.62.